The summed E-state index contributed by atoms with van der Waals surface area (Å²) < 4.78 is 5.55. The molecule has 0 radical (unpaired) electrons. The second-order valence-electron chi connectivity index (χ2n) is 7.00. The average Bonchev–Trinajstić information content (AvgIpc) is 3.37. The molecule has 2 fully saturated rings. The summed E-state index contributed by atoms with van der Waals surface area (Å²) in [5.41, 5.74) is 1.84. The van der Waals surface area contributed by atoms with Gasteiger partial charge in [0.25, 0.3) is 5.91 Å². The van der Waals surface area contributed by atoms with Gasteiger partial charge in [-0.05, 0) is 44.7 Å². The van der Waals surface area contributed by atoms with Crippen molar-refractivity contribution in [1.29, 1.82) is 0 Å². The van der Waals surface area contributed by atoms with Gasteiger partial charge in [-0.3, -0.25) is 4.79 Å². The van der Waals surface area contributed by atoms with Crippen molar-refractivity contribution >= 4 is 5.91 Å². The van der Waals surface area contributed by atoms with Crippen molar-refractivity contribution in [3.8, 4) is 0 Å². The zero-order chi connectivity index (χ0) is 16.5. The van der Waals surface area contributed by atoms with E-state index in [1.54, 1.807) is 0 Å². The first kappa shape index (κ1) is 15.4. The van der Waals surface area contributed by atoms with Crippen LogP contribution in [0.25, 0.3) is 0 Å². The molecule has 1 atom stereocenters. The minimum absolute atomic E-state index is 0.0665. The van der Waals surface area contributed by atoms with E-state index in [1.807, 2.05) is 36.1 Å². The predicted octanol–water partition coefficient (Wildman–Crippen LogP) is 4.01. The van der Waals surface area contributed by atoms with Gasteiger partial charge in [-0.1, -0.05) is 35.7 Å². The summed E-state index contributed by atoms with van der Waals surface area (Å²) in [6.45, 7) is 2.76. The number of carbonyl (C=O) groups is 1. The lowest BCUT2D eigenvalue weighted by atomic mass is 10.1. The summed E-state index contributed by atoms with van der Waals surface area (Å²) >= 11 is 0. The Morgan fingerprint density at radius 1 is 1.21 bits per heavy atom. The lowest BCUT2D eigenvalue weighted by Gasteiger charge is -2.27. The highest BCUT2D eigenvalue weighted by Gasteiger charge is 2.34. The van der Waals surface area contributed by atoms with Crippen LogP contribution in [0, 0.1) is 6.92 Å². The molecule has 0 N–H and O–H groups in total. The van der Waals surface area contributed by atoms with E-state index in [2.05, 4.69) is 10.1 Å². The Labute approximate surface area is 142 Å². The molecule has 0 bridgehead atoms. The number of rotatable bonds is 3. The zero-order valence-corrected chi connectivity index (χ0v) is 14.1. The van der Waals surface area contributed by atoms with Crippen LogP contribution < -0.4 is 0 Å². The predicted molar refractivity (Wildman–Crippen MR) is 89.7 cm³/mol. The molecule has 126 valence electrons. The van der Waals surface area contributed by atoms with Gasteiger partial charge in [-0.15, -0.1) is 0 Å². The average molecular weight is 325 g/mol. The summed E-state index contributed by atoms with van der Waals surface area (Å²) in [5, 5.41) is 4.14. The van der Waals surface area contributed by atoms with Crippen molar-refractivity contribution in [2.45, 2.75) is 57.4 Å². The number of aryl methyl sites for hydroxylation is 1. The second-order valence-corrected chi connectivity index (χ2v) is 7.00. The maximum absolute atomic E-state index is 13.1. The van der Waals surface area contributed by atoms with Crippen molar-refractivity contribution in [3.05, 3.63) is 47.1 Å². The van der Waals surface area contributed by atoms with E-state index in [4.69, 9.17) is 4.52 Å². The van der Waals surface area contributed by atoms with Crippen LogP contribution in [0.15, 0.2) is 28.8 Å². The van der Waals surface area contributed by atoms with Crippen LogP contribution in [0.5, 0.6) is 0 Å². The molecule has 1 amide bonds. The minimum atomic E-state index is -0.0967. The van der Waals surface area contributed by atoms with E-state index in [9.17, 15) is 4.79 Å². The number of hydrogen-bond acceptors (Lipinski definition) is 4. The highest BCUT2D eigenvalue weighted by molar-refractivity contribution is 5.94. The number of aromatic nitrogens is 2. The van der Waals surface area contributed by atoms with Gasteiger partial charge in [0, 0.05) is 18.0 Å². The Balaban J connectivity index is 1.62. The van der Waals surface area contributed by atoms with E-state index < -0.39 is 0 Å². The molecule has 5 nitrogen and oxygen atoms in total. The van der Waals surface area contributed by atoms with Crippen molar-refractivity contribution in [2.75, 3.05) is 6.54 Å². The Hall–Kier alpha value is -2.17. The first-order chi connectivity index (χ1) is 11.7. The third-order valence-electron chi connectivity index (χ3n) is 4.96. The largest absolute Gasteiger partial charge is 0.337 e. The van der Waals surface area contributed by atoms with Crippen molar-refractivity contribution in [3.63, 3.8) is 0 Å². The molecular weight excluding hydrogens is 302 g/mol. The third-order valence-corrected chi connectivity index (χ3v) is 4.96. The Bertz CT molecular complexity index is 736. The van der Waals surface area contributed by atoms with Crippen LogP contribution in [0.1, 0.15) is 78.1 Å². The lowest BCUT2D eigenvalue weighted by molar-refractivity contribution is 0.0644. The zero-order valence-electron chi connectivity index (χ0n) is 14.1. The fourth-order valence-electron chi connectivity index (χ4n) is 3.44. The van der Waals surface area contributed by atoms with Crippen LogP contribution >= 0.6 is 0 Å². The summed E-state index contributed by atoms with van der Waals surface area (Å²) in [7, 11) is 0. The van der Waals surface area contributed by atoms with Gasteiger partial charge in [0.1, 0.15) is 6.04 Å². The van der Waals surface area contributed by atoms with Crippen LogP contribution in [-0.4, -0.2) is 27.5 Å². The molecule has 1 aliphatic heterocycles. The highest BCUT2D eigenvalue weighted by atomic mass is 16.5. The van der Waals surface area contributed by atoms with Gasteiger partial charge in [0.15, 0.2) is 5.82 Å². The van der Waals surface area contributed by atoms with Gasteiger partial charge in [-0.25, -0.2) is 0 Å². The standard InChI is InChI=1S/C19H23N3O2/c1-13-6-5-7-15(12-13)19(23)22-11-4-2-3-8-16(22)18-20-17(21-24-18)14-9-10-14/h5-7,12,14,16H,2-4,8-11H2,1H3. The molecule has 1 saturated heterocycles. The molecular formula is C19H23N3O2. The van der Waals surface area contributed by atoms with Crippen LogP contribution in [0.2, 0.25) is 0 Å². The topological polar surface area (TPSA) is 59.2 Å². The number of likely N-dealkylation sites (tertiary alicyclic amines) is 1. The first-order valence-corrected chi connectivity index (χ1v) is 8.93. The van der Waals surface area contributed by atoms with E-state index in [0.29, 0.717) is 11.8 Å². The molecule has 1 saturated carbocycles. The quantitative estimate of drug-likeness (QED) is 0.855. The molecule has 1 unspecified atom stereocenters. The number of benzene rings is 1. The maximum atomic E-state index is 13.1. The highest BCUT2D eigenvalue weighted by Crippen LogP contribution is 2.39. The Morgan fingerprint density at radius 2 is 2.08 bits per heavy atom. The van der Waals surface area contributed by atoms with Gasteiger partial charge in [0.2, 0.25) is 5.89 Å². The van der Waals surface area contributed by atoms with Crippen molar-refractivity contribution in [2.24, 2.45) is 0 Å². The number of amides is 1. The summed E-state index contributed by atoms with van der Waals surface area (Å²) in [6, 6.07) is 7.69. The number of carbonyl (C=O) groups excluding carboxylic acids is 1. The van der Waals surface area contributed by atoms with E-state index in [1.165, 1.54) is 0 Å². The normalized spacial score (nSPS) is 21.5. The first-order valence-electron chi connectivity index (χ1n) is 8.93. The van der Waals surface area contributed by atoms with Crippen LogP contribution in [0.3, 0.4) is 0 Å². The molecule has 1 aromatic carbocycles. The molecule has 2 heterocycles. The Kier molecular flexibility index (Phi) is 4.08. The van der Waals surface area contributed by atoms with Crippen molar-refractivity contribution in [1.82, 2.24) is 15.0 Å². The third kappa shape index (κ3) is 3.07. The van der Waals surface area contributed by atoms with Gasteiger partial charge >= 0.3 is 0 Å². The summed E-state index contributed by atoms with van der Waals surface area (Å²) in [4.78, 5) is 19.6. The Morgan fingerprint density at radius 3 is 2.88 bits per heavy atom. The molecule has 0 spiro atoms. The van der Waals surface area contributed by atoms with Crippen LogP contribution in [-0.2, 0) is 0 Å². The molecule has 5 heteroatoms. The number of hydrogen-bond donors (Lipinski definition) is 0. The van der Waals surface area contributed by atoms with Gasteiger partial charge < -0.3 is 9.42 Å². The minimum Gasteiger partial charge on any atom is -0.337 e. The summed E-state index contributed by atoms with van der Waals surface area (Å²) in [5.74, 6) is 1.96. The summed E-state index contributed by atoms with van der Waals surface area (Å²) in [6.07, 6.45) is 6.44. The van der Waals surface area contributed by atoms with E-state index in [0.717, 1.165) is 62.0 Å². The second kappa shape index (κ2) is 6.38. The SMILES string of the molecule is Cc1cccc(C(=O)N2CCCCCC2c2nc(C3CC3)no2)c1. The smallest absolute Gasteiger partial charge is 0.254 e. The molecule has 1 aromatic heterocycles. The lowest BCUT2D eigenvalue weighted by Crippen LogP contribution is -2.35. The van der Waals surface area contributed by atoms with E-state index in [-0.39, 0.29) is 11.9 Å². The molecule has 1 aliphatic carbocycles. The van der Waals surface area contributed by atoms with Gasteiger partial charge in [-0.2, -0.15) is 4.98 Å². The van der Waals surface area contributed by atoms with Gasteiger partial charge in [0.05, 0.1) is 0 Å². The van der Waals surface area contributed by atoms with E-state index >= 15 is 0 Å². The monoisotopic (exact) mass is 325 g/mol. The molecule has 4 rings (SSSR count). The molecule has 2 aliphatic rings. The maximum Gasteiger partial charge on any atom is 0.254 e. The fourth-order valence-corrected chi connectivity index (χ4v) is 3.44. The molecule has 24 heavy (non-hydrogen) atoms. The molecule has 2 aromatic rings. The van der Waals surface area contributed by atoms with Crippen molar-refractivity contribution < 1.29 is 9.32 Å². The fraction of sp³-hybridized carbons (Fsp3) is 0.526. The number of nitrogens with zero attached hydrogens (tertiary/aromatic N) is 3. The van der Waals surface area contributed by atoms with Crippen LogP contribution in [0.4, 0.5) is 0 Å².